The number of hydrogen-bond acceptors (Lipinski definition) is 3. The van der Waals surface area contributed by atoms with Crippen molar-refractivity contribution in [2.24, 2.45) is 0 Å². The fourth-order valence-electron chi connectivity index (χ4n) is 1.94. The zero-order valence-corrected chi connectivity index (χ0v) is 11.5. The summed E-state index contributed by atoms with van der Waals surface area (Å²) >= 11 is 1.68. The molecule has 1 aromatic heterocycles. The summed E-state index contributed by atoms with van der Waals surface area (Å²) in [6, 6.07) is 8.73. The van der Waals surface area contributed by atoms with E-state index in [2.05, 4.69) is 35.1 Å². The van der Waals surface area contributed by atoms with Gasteiger partial charge in [-0.3, -0.25) is 0 Å². The second-order valence-corrected chi connectivity index (χ2v) is 5.31. The maximum atomic E-state index is 13.2. The van der Waals surface area contributed by atoms with Crippen LogP contribution in [0.15, 0.2) is 35.0 Å². The molecule has 1 N–H and O–H groups in total. The molecule has 0 radical (unpaired) electrons. The maximum absolute atomic E-state index is 13.2. The smallest absolute Gasteiger partial charge is 0.123 e. The Labute approximate surface area is 116 Å². The highest BCUT2D eigenvalue weighted by molar-refractivity contribution is 7.07. The molecule has 0 aliphatic carbocycles. The van der Waals surface area contributed by atoms with Gasteiger partial charge in [-0.15, -0.1) is 0 Å². The molecule has 1 aromatic carbocycles. The number of benzene rings is 1. The first-order valence-corrected chi connectivity index (χ1v) is 7.06. The van der Waals surface area contributed by atoms with Crippen LogP contribution in [0.1, 0.15) is 23.6 Å². The molecule has 0 saturated carbocycles. The van der Waals surface area contributed by atoms with Crippen molar-refractivity contribution in [3.63, 3.8) is 0 Å². The average molecular weight is 274 g/mol. The van der Waals surface area contributed by atoms with Crippen LogP contribution in [0, 0.1) is 17.1 Å². The second-order valence-electron chi connectivity index (χ2n) is 4.53. The fourth-order valence-corrected chi connectivity index (χ4v) is 2.62. The Morgan fingerprint density at radius 3 is 2.95 bits per heavy atom. The van der Waals surface area contributed by atoms with E-state index in [0.29, 0.717) is 17.7 Å². The van der Waals surface area contributed by atoms with Crippen LogP contribution < -0.4 is 5.32 Å². The number of nitriles is 1. The minimum atomic E-state index is -0.304. The number of halogens is 1. The monoisotopic (exact) mass is 274 g/mol. The quantitative estimate of drug-likeness (QED) is 0.906. The van der Waals surface area contributed by atoms with Gasteiger partial charge in [0.2, 0.25) is 0 Å². The van der Waals surface area contributed by atoms with Gasteiger partial charge in [0.15, 0.2) is 0 Å². The van der Waals surface area contributed by atoms with Gasteiger partial charge in [0.25, 0.3) is 0 Å². The first-order valence-electron chi connectivity index (χ1n) is 6.12. The summed E-state index contributed by atoms with van der Waals surface area (Å²) < 4.78 is 13.2. The van der Waals surface area contributed by atoms with Crippen LogP contribution in [0.2, 0.25) is 0 Å². The van der Waals surface area contributed by atoms with E-state index in [1.165, 1.54) is 23.8 Å². The van der Waals surface area contributed by atoms with Crippen LogP contribution in [-0.4, -0.2) is 6.04 Å². The van der Waals surface area contributed by atoms with Crippen molar-refractivity contribution in [2.75, 3.05) is 0 Å². The van der Waals surface area contributed by atoms with Crippen LogP contribution in [0.25, 0.3) is 0 Å². The van der Waals surface area contributed by atoms with Gasteiger partial charge in [-0.25, -0.2) is 4.39 Å². The van der Waals surface area contributed by atoms with E-state index < -0.39 is 0 Å². The number of nitrogens with zero attached hydrogens (tertiary/aromatic N) is 1. The summed E-state index contributed by atoms with van der Waals surface area (Å²) in [6.45, 7) is 2.59. The molecule has 1 heterocycles. The van der Waals surface area contributed by atoms with E-state index in [1.807, 2.05) is 0 Å². The lowest BCUT2D eigenvalue weighted by Crippen LogP contribution is -2.27. The first kappa shape index (κ1) is 13.7. The van der Waals surface area contributed by atoms with E-state index >= 15 is 0 Å². The molecule has 1 atom stereocenters. The second kappa shape index (κ2) is 6.46. The predicted octanol–water partition coefficient (Wildman–Crippen LogP) is 3.48. The summed E-state index contributed by atoms with van der Waals surface area (Å²) in [6.07, 6.45) is 0.931. The molecule has 19 heavy (non-hydrogen) atoms. The van der Waals surface area contributed by atoms with Gasteiger partial charge >= 0.3 is 0 Å². The van der Waals surface area contributed by atoms with Crippen molar-refractivity contribution in [1.82, 2.24) is 5.32 Å². The molecule has 1 unspecified atom stereocenters. The number of thiophene rings is 1. The Morgan fingerprint density at radius 2 is 2.26 bits per heavy atom. The third-order valence-electron chi connectivity index (χ3n) is 2.95. The highest BCUT2D eigenvalue weighted by atomic mass is 32.1. The molecule has 2 nitrogen and oxygen atoms in total. The van der Waals surface area contributed by atoms with Crippen LogP contribution in [0.4, 0.5) is 4.39 Å². The number of nitrogens with one attached hydrogen (secondary N) is 1. The van der Waals surface area contributed by atoms with Gasteiger partial charge in [0.05, 0.1) is 11.6 Å². The van der Waals surface area contributed by atoms with Gasteiger partial charge in [-0.2, -0.15) is 16.6 Å². The van der Waals surface area contributed by atoms with Crippen LogP contribution in [0.3, 0.4) is 0 Å². The highest BCUT2D eigenvalue weighted by Crippen LogP contribution is 2.12. The summed E-state index contributed by atoms with van der Waals surface area (Å²) in [5, 5.41) is 16.5. The fraction of sp³-hybridized carbons (Fsp3) is 0.267. The Morgan fingerprint density at radius 1 is 1.42 bits per heavy atom. The molecule has 2 aromatic rings. The van der Waals surface area contributed by atoms with Crippen LogP contribution in [-0.2, 0) is 13.0 Å². The van der Waals surface area contributed by atoms with Gasteiger partial charge < -0.3 is 5.32 Å². The Kier molecular flexibility index (Phi) is 4.67. The van der Waals surface area contributed by atoms with Gasteiger partial charge in [-0.1, -0.05) is 0 Å². The molecule has 0 saturated heterocycles. The topological polar surface area (TPSA) is 35.8 Å². The Hall–Kier alpha value is -1.70. The van der Waals surface area contributed by atoms with Crippen LogP contribution >= 0.6 is 11.3 Å². The molecule has 4 heteroatoms. The molecule has 0 aliphatic heterocycles. The van der Waals surface area contributed by atoms with Crippen molar-refractivity contribution >= 4 is 11.3 Å². The van der Waals surface area contributed by atoms with Gasteiger partial charge in [0.1, 0.15) is 5.82 Å². The summed E-state index contributed by atoms with van der Waals surface area (Å²) in [4.78, 5) is 0. The zero-order valence-electron chi connectivity index (χ0n) is 10.7. The molecular weight excluding hydrogens is 259 g/mol. The van der Waals surface area contributed by atoms with E-state index in [0.717, 1.165) is 6.42 Å². The van der Waals surface area contributed by atoms with Crippen LogP contribution in [0.5, 0.6) is 0 Å². The standard InChI is InChI=1S/C15H15FN2S/c1-11(6-12-4-5-19-10-12)18-9-14-7-15(16)3-2-13(14)8-17/h2-5,7,10-11,18H,6,9H2,1H3. The lowest BCUT2D eigenvalue weighted by molar-refractivity contribution is 0.542. The van der Waals surface area contributed by atoms with E-state index in [9.17, 15) is 4.39 Å². The zero-order chi connectivity index (χ0) is 13.7. The summed E-state index contributed by atoms with van der Waals surface area (Å²) in [5.41, 5.74) is 2.53. The average Bonchev–Trinajstić information content (AvgIpc) is 2.89. The normalized spacial score (nSPS) is 12.1. The largest absolute Gasteiger partial charge is 0.310 e. The lowest BCUT2D eigenvalue weighted by Gasteiger charge is -2.13. The minimum absolute atomic E-state index is 0.282. The van der Waals surface area contributed by atoms with E-state index in [1.54, 1.807) is 11.3 Å². The Bertz CT molecular complexity index is 572. The SMILES string of the molecule is CC(Cc1ccsc1)NCc1cc(F)ccc1C#N. The molecule has 2 rings (SSSR count). The molecule has 0 bridgehead atoms. The van der Waals surface area contributed by atoms with E-state index in [-0.39, 0.29) is 11.9 Å². The summed E-state index contributed by atoms with van der Waals surface area (Å²) in [5.74, 6) is -0.304. The molecule has 0 aliphatic rings. The molecule has 0 spiro atoms. The van der Waals surface area contributed by atoms with Crippen molar-refractivity contribution in [3.05, 3.63) is 57.5 Å². The van der Waals surface area contributed by atoms with Crippen molar-refractivity contribution < 1.29 is 4.39 Å². The number of rotatable bonds is 5. The predicted molar refractivity (Wildman–Crippen MR) is 75.4 cm³/mol. The first-order chi connectivity index (χ1) is 9.19. The minimum Gasteiger partial charge on any atom is -0.310 e. The van der Waals surface area contributed by atoms with Gasteiger partial charge in [-0.05, 0) is 59.5 Å². The lowest BCUT2D eigenvalue weighted by atomic mass is 10.1. The molecular formula is C15H15FN2S. The summed E-state index contributed by atoms with van der Waals surface area (Å²) in [7, 11) is 0. The molecule has 98 valence electrons. The molecule has 0 fully saturated rings. The number of hydrogen-bond donors (Lipinski definition) is 1. The maximum Gasteiger partial charge on any atom is 0.123 e. The van der Waals surface area contributed by atoms with Crippen molar-refractivity contribution in [1.29, 1.82) is 5.26 Å². The third kappa shape index (κ3) is 3.88. The third-order valence-corrected chi connectivity index (χ3v) is 3.68. The van der Waals surface area contributed by atoms with Crippen molar-refractivity contribution in [3.8, 4) is 6.07 Å². The van der Waals surface area contributed by atoms with E-state index in [4.69, 9.17) is 5.26 Å². The molecule has 0 amide bonds. The van der Waals surface area contributed by atoms with Crippen molar-refractivity contribution in [2.45, 2.75) is 25.9 Å². The highest BCUT2D eigenvalue weighted by Gasteiger charge is 2.07. The Balaban J connectivity index is 1.95. The van der Waals surface area contributed by atoms with Gasteiger partial charge in [0, 0.05) is 12.6 Å².